The van der Waals surface area contributed by atoms with Crippen LogP contribution in [-0.2, 0) is 4.79 Å². The van der Waals surface area contributed by atoms with Crippen LogP contribution in [0.2, 0.25) is 0 Å². The molecule has 0 bridgehead atoms. The van der Waals surface area contributed by atoms with E-state index in [9.17, 15) is 4.79 Å². The highest BCUT2D eigenvalue weighted by Gasteiger charge is 2.16. The van der Waals surface area contributed by atoms with E-state index >= 15 is 0 Å². The number of carbonyl (C=O) groups is 1. The van der Waals surface area contributed by atoms with Gasteiger partial charge in [-0.05, 0) is 12.5 Å². The van der Waals surface area contributed by atoms with Gasteiger partial charge in [0, 0.05) is 0 Å². The first-order valence-corrected chi connectivity index (χ1v) is 7.03. The molecule has 0 saturated heterocycles. The summed E-state index contributed by atoms with van der Waals surface area (Å²) in [7, 11) is 0. The van der Waals surface area contributed by atoms with Gasteiger partial charge in [-0.2, -0.15) is 0 Å². The van der Waals surface area contributed by atoms with Gasteiger partial charge in [0.1, 0.15) is 0 Å². The first-order chi connectivity index (χ1) is 9.70. The van der Waals surface area contributed by atoms with Crippen LogP contribution in [0.25, 0.3) is 0 Å². The standard InChI is InChI=1S/C15H15N3OS/c1-11(12-6-3-2-4-7-12)14(19)18-15-17-10-13(20-15)8-5-9-16/h2-4,6-7,10-11H,9,16H2,1H3,(H,17,18,19). The molecule has 2 rings (SSSR count). The fraction of sp³-hybridized carbons (Fsp3) is 0.200. The predicted molar refractivity (Wildman–Crippen MR) is 81.5 cm³/mol. The van der Waals surface area contributed by atoms with E-state index in [2.05, 4.69) is 22.1 Å². The molecular weight excluding hydrogens is 270 g/mol. The molecule has 20 heavy (non-hydrogen) atoms. The molecule has 3 N–H and O–H groups in total. The first kappa shape index (κ1) is 14.3. The Bertz CT molecular complexity index is 640. The summed E-state index contributed by atoms with van der Waals surface area (Å²) < 4.78 is 0. The lowest BCUT2D eigenvalue weighted by molar-refractivity contribution is -0.117. The van der Waals surface area contributed by atoms with E-state index in [-0.39, 0.29) is 11.8 Å². The molecule has 0 saturated carbocycles. The number of hydrogen-bond donors (Lipinski definition) is 2. The second-order valence-corrected chi connectivity index (χ2v) is 5.19. The van der Waals surface area contributed by atoms with E-state index in [0.717, 1.165) is 10.4 Å². The van der Waals surface area contributed by atoms with Gasteiger partial charge in [0.05, 0.1) is 23.5 Å². The third-order valence-electron chi connectivity index (χ3n) is 2.74. The van der Waals surface area contributed by atoms with Crippen molar-refractivity contribution < 1.29 is 4.79 Å². The number of aromatic nitrogens is 1. The summed E-state index contributed by atoms with van der Waals surface area (Å²) in [6.07, 6.45) is 1.64. The summed E-state index contributed by atoms with van der Waals surface area (Å²) in [5.41, 5.74) is 6.29. The lowest BCUT2D eigenvalue weighted by Crippen LogP contribution is -2.18. The predicted octanol–water partition coefficient (Wildman–Crippen LogP) is 2.20. The molecule has 0 aliphatic carbocycles. The molecule has 0 fully saturated rings. The Morgan fingerprint density at radius 3 is 2.90 bits per heavy atom. The van der Waals surface area contributed by atoms with Gasteiger partial charge in [-0.15, -0.1) is 0 Å². The van der Waals surface area contributed by atoms with Gasteiger partial charge in [-0.3, -0.25) is 4.79 Å². The van der Waals surface area contributed by atoms with E-state index < -0.39 is 0 Å². The molecule has 0 aliphatic heterocycles. The maximum Gasteiger partial charge on any atom is 0.233 e. The molecule has 1 unspecified atom stereocenters. The van der Waals surface area contributed by atoms with Gasteiger partial charge < -0.3 is 11.1 Å². The third kappa shape index (κ3) is 3.67. The quantitative estimate of drug-likeness (QED) is 0.849. The van der Waals surface area contributed by atoms with Crippen LogP contribution in [0.5, 0.6) is 0 Å². The molecular formula is C15H15N3OS. The molecule has 0 radical (unpaired) electrons. The van der Waals surface area contributed by atoms with Crippen LogP contribution in [0, 0.1) is 11.8 Å². The molecule has 1 atom stereocenters. The number of rotatable bonds is 3. The van der Waals surface area contributed by atoms with Crippen LogP contribution in [0.1, 0.15) is 23.3 Å². The molecule has 102 valence electrons. The van der Waals surface area contributed by atoms with Crippen molar-refractivity contribution in [2.75, 3.05) is 11.9 Å². The highest BCUT2D eigenvalue weighted by molar-refractivity contribution is 7.16. The maximum absolute atomic E-state index is 12.1. The van der Waals surface area contributed by atoms with Crippen molar-refractivity contribution in [2.24, 2.45) is 5.73 Å². The van der Waals surface area contributed by atoms with Crippen molar-refractivity contribution in [3.8, 4) is 11.8 Å². The fourth-order valence-corrected chi connectivity index (χ4v) is 2.33. The lowest BCUT2D eigenvalue weighted by atomic mass is 10.0. The SMILES string of the molecule is CC(C(=O)Nc1ncc(C#CCN)s1)c1ccccc1. The van der Waals surface area contributed by atoms with Crippen molar-refractivity contribution in [3.05, 3.63) is 47.0 Å². The summed E-state index contributed by atoms with van der Waals surface area (Å²) in [6.45, 7) is 2.18. The average Bonchev–Trinajstić information content (AvgIpc) is 2.92. The Labute approximate surface area is 122 Å². The molecule has 1 heterocycles. The Kier molecular flexibility index (Phi) is 4.88. The molecule has 0 aliphatic rings. The minimum absolute atomic E-state index is 0.0797. The van der Waals surface area contributed by atoms with E-state index in [4.69, 9.17) is 5.73 Å². The molecule has 1 aromatic carbocycles. The Morgan fingerprint density at radius 2 is 2.20 bits per heavy atom. The van der Waals surface area contributed by atoms with Gasteiger partial charge in [0.15, 0.2) is 5.13 Å². The Balaban J connectivity index is 2.03. The van der Waals surface area contributed by atoms with Gasteiger partial charge in [-0.25, -0.2) is 4.98 Å². The number of benzene rings is 1. The number of thiazole rings is 1. The summed E-state index contributed by atoms with van der Waals surface area (Å²) in [5, 5.41) is 3.36. The monoisotopic (exact) mass is 285 g/mol. The van der Waals surface area contributed by atoms with Gasteiger partial charge >= 0.3 is 0 Å². The number of nitrogens with zero attached hydrogens (tertiary/aromatic N) is 1. The molecule has 0 spiro atoms. The van der Waals surface area contributed by atoms with Crippen molar-refractivity contribution in [1.29, 1.82) is 0 Å². The zero-order valence-electron chi connectivity index (χ0n) is 11.1. The summed E-state index contributed by atoms with van der Waals surface area (Å²) in [5.74, 6) is 5.34. The Morgan fingerprint density at radius 1 is 1.45 bits per heavy atom. The number of carbonyl (C=O) groups excluding carboxylic acids is 1. The maximum atomic E-state index is 12.1. The summed E-state index contributed by atoms with van der Waals surface area (Å²) in [4.78, 5) is 17.1. The van der Waals surface area contributed by atoms with E-state index in [0.29, 0.717) is 11.7 Å². The fourth-order valence-electron chi connectivity index (χ4n) is 1.63. The normalized spacial score (nSPS) is 11.3. The zero-order valence-corrected chi connectivity index (χ0v) is 11.9. The minimum Gasteiger partial charge on any atom is -0.320 e. The molecule has 1 aromatic heterocycles. The minimum atomic E-state index is -0.223. The van der Waals surface area contributed by atoms with Gasteiger partial charge in [0.2, 0.25) is 5.91 Å². The highest BCUT2D eigenvalue weighted by Crippen LogP contribution is 2.21. The third-order valence-corrected chi connectivity index (χ3v) is 3.57. The van der Waals surface area contributed by atoms with E-state index in [1.165, 1.54) is 11.3 Å². The van der Waals surface area contributed by atoms with Crippen molar-refractivity contribution in [3.63, 3.8) is 0 Å². The largest absolute Gasteiger partial charge is 0.320 e. The summed E-state index contributed by atoms with van der Waals surface area (Å²) in [6, 6.07) is 9.64. The average molecular weight is 285 g/mol. The number of anilines is 1. The number of amides is 1. The van der Waals surface area contributed by atoms with Crippen LogP contribution < -0.4 is 11.1 Å². The lowest BCUT2D eigenvalue weighted by Gasteiger charge is -2.10. The number of nitrogens with one attached hydrogen (secondary N) is 1. The molecule has 5 heteroatoms. The molecule has 2 aromatic rings. The van der Waals surface area contributed by atoms with Crippen LogP contribution >= 0.6 is 11.3 Å². The first-order valence-electron chi connectivity index (χ1n) is 6.21. The van der Waals surface area contributed by atoms with Crippen LogP contribution in [0.15, 0.2) is 36.5 Å². The smallest absolute Gasteiger partial charge is 0.233 e. The second-order valence-electron chi connectivity index (χ2n) is 4.16. The zero-order chi connectivity index (χ0) is 14.4. The van der Waals surface area contributed by atoms with E-state index in [1.54, 1.807) is 6.20 Å². The Hall–Kier alpha value is -2.16. The van der Waals surface area contributed by atoms with Crippen LogP contribution in [-0.4, -0.2) is 17.4 Å². The van der Waals surface area contributed by atoms with Crippen molar-refractivity contribution in [2.45, 2.75) is 12.8 Å². The van der Waals surface area contributed by atoms with Crippen molar-refractivity contribution >= 4 is 22.4 Å². The van der Waals surface area contributed by atoms with Gasteiger partial charge in [-0.1, -0.05) is 53.5 Å². The highest BCUT2D eigenvalue weighted by atomic mass is 32.1. The molecule has 4 nitrogen and oxygen atoms in total. The van der Waals surface area contributed by atoms with Crippen LogP contribution in [0.3, 0.4) is 0 Å². The number of hydrogen-bond acceptors (Lipinski definition) is 4. The topological polar surface area (TPSA) is 68.0 Å². The van der Waals surface area contributed by atoms with E-state index in [1.807, 2.05) is 37.3 Å². The molecule has 1 amide bonds. The van der Waals surface area contributed by atoms with Crippen LogP contribution in [0.4, 0.5) is 5.13 Å². The summed E-state index contributed by atoms with van der Waals surface area (Å²) >= 11 is 1.34. The van der Waals surface area contributed by atoms with Crippen molar-refractivity contribution in [1.82, 2.24) is 4.98 Å². The van der Waals surface area contributed by atoms with Gasteiger partial charge in [0.25, 0.3) is 0 Å². The second kappa shape index (κ2) is 6.85. The number of nitrogens with two attached hydrogens (primary N) is 1.